The molecule has 0 unspecified atom stereocenters. The molecule has 0 N–H and O–H groups in total. The summed E-state index contributed by atoms with van der Waals surface area (Å²) in [6.07, 6.45) is 5.37. The molecule has 3 nitrogen and oxygen atoms in total. The smallest absolute Gasteiger partial charge is 0.162 e. The van der Waals surface area contributed by atoms with Gasteiger partial charge in [-0.25, -0.2) is 4.98 Å². The van der Waals surface area contributed by atoms with E-state index in [2.05, 4.69) is 46.1 Å². The van der Waals surface area contributed by atoms with Gasteiger partial charge in [0.25, 0.3) is 0 Å². The average molecular weight is 269 g/mol. The monoisotopic (exact) mass is 269 g/mol. The Bertz CT molecular complexity index is 635. The first-order chi connectivity index (χ1) is 9.33. The minimum atomic E-state index is 0.601. The van der Waals surface area contributed by atoms with Crippen LogP contribution in [0.1, 0.15) is 24.2 Å². The fourth-order valence-electron chi connectivity index (χ4n) is 2.59. The molecule has 96 valence electrons. The molecule has 1 aromatic heterocycles. The Labute approximate surface area is 117 Å². The summed E-state index contributed by atoms with van der Waals surface area (Å²) >= 11 is 1.73. The van der Waals surface area contributed by atoms with Gasteiger partial charge in [-0.05, 0) is 37.7 Å². The molecule has 0 amide bonds. The van der Waals surface area contributed by atoms with E-state index < -0.39 is 0 Å². The van der Waals surface area contributed by atoms with E-state index in [4.69, 9.17) is 0 Å². The van der Waals surface area contributed by atoms with Crippen molar-refractivity contribution in [2.24, 2.45) is 0 Å². The van der Waals surface area contributed by atoms with Crippen molar-refractivity contribution in [3.63, 3.8) is 0 Å². The van der Waals surface area contributed by atoms with Crippen LogP contribution in [0.15, 0.2) is 29.2 Å². The summed E-state index contributed by atoms with van der Waals surface area (Å²) < 4.78 is 2.22. The van der Waals surface area contributed by atoms with Crippen molar-refractivity contribution in [3.8, 4) is 17.5 Å². The van der Waals surface area contributed by atoms with Crippen molar-refractivity contribution in [2.75, 3.05) is 6.26 Å². The van der Waals surface area contributed by atoms with Gasteiger partial charge in [0.05, 0.1) is 5.69 Å². The first-order valence-electron chi connectivity index (χ1n) is 6.47. The highest BCUT2D eigenvalue weighted by Gasteiger charge is 2.20. The number of hydrogen-bond donors (Lipinski definition) is 0. The quantitative estimate of drug-likeness (QED) is 0.784. The number of nitriles is 1. The molecule has 1 aliphatic rings. The predicted octanol–water partition coefficient (Wildman–Crippen LogP) is 3.48. The Morgan fingerprint density at radius 3 is 2.74 bits per heavy atom. The summed E-state index contributed by atoms with van der Waals surface area (Å²) in [4.78, 5) is 5.78. The standard InChI is InChI=1S/C15H15N3S/c1-19-12-7-5-11(6-8-12)15-17-13(10-16)14-4-2-3-9-18(14)15/h5-8H,2-4,9H2,1H3. The topological polar surface area (TPSA) is 41.6 Å². The predicted molar refractivity (Wildman–Crippen MR) is 77.1 cm³/mol. The molecule has 3 rings (SSSR count). The fraction of sp³-hybridized carbons (Fsp3) is 0.333. The van der Waals surface area contributed by atoms with Gasteiger partial charge in [-0.3, -0.25) is 0 Å². The number of benzene rings is 1. The van der Waals surface area contributed by atoms with Crippen LogP contribution in [0.4, 0.5) is 0 Å². The molecule has 2 aromatic rings. The van der Waals surface area contributed by atoms with Crippen molar-refractivity contribution >= 4 is 11.8 Å². The molecule has 0 atom stereocenters. The third-order valence-electron chi connectivity index (χ3n) is 3.57. The molecule has 0 fully saturated rings. The van der Waals surface area contributed by atoms with Crippen LogP contribution in [0.3, 0.4) is 0 Å². The molecule has 0 aliphatic carbocycles. The lowest BCUT2D eigenvalue weighted by atomic mass is 10.1. The van der Waals surface area contributed by atoms with Crippen LogP contribution in [-0.4, -0.2) is 15.8 Å². The van der Waals surface area contributed by atoms with Gasteiger partial charge in [-0.1, -0.05) is 12.1 Å². The summed E-state index contributed by atoms with van der Waals surface area (Å²) in [5, 5.41) is 9.21. The van der Waals surface area contributed by atoms with Gasteiger partial charge in [0, 0.05) is 17.0 Å². The Hall–Kier alpha value is -1.73. The van der Waals surface area contributed by atoms with Crippen LogP contribution in [0, 0.1) is 11.3 Å². The van der Waals surface area contributed by atoms with Crippen LogP contribution >= 0.6 is 11.8 Å². The molecule has 0 bridgehead atoms. The van der Waals surface area contributed by atoms with Gasteiger partial charge in [0.1, 0.15) is 11.9 Å². The van der Waals surface area contributed by atoms with E-state index in [1.54, 1.807) is 11.8 Å². The van der Waals surface area contributed by atoms with E-state index in [1.165, 1.54) is 11.3 Å². The van der Waals surface area contributed by atoms with Gasteiger partial charge in [-0.15, -0.1) is 11.8 Å². The van der Waals surface area contributed by atoms with E-state index in [0.717, 1.165) is 36.5 Å². The van der Waals surface area contributed by atoms with Crippen LogP contribution in [0.2, 0.25) is 0 Å². The van der Waals surface area contributed by atoms with Crippen molar-refractivity contribution in [1.29, 1.82) is 5.26 Å². The number of imidazole rings is 1. The Morgan fingerprint density at radius 2 is 2.05 bits per heavy atom. The molecule has 1 aliphatic heterocycles. The summed E-state index contributed by atoms with van der Waals surface area (Å²) in [5.74, 6) is 0.943. The van der Waals surface area contributed by atoms with E-state index in [0.29, 0.717) is 5.69 Å². The van der Waals surface area contributed by atoms with Gasteiger partial charge >= 0.3 is 0 Å². The highest BCUT2D eigenvalue weighted by atomic mass is 32.2. The van der Waals surface area contributed by atoms with Gasteiger partial charge in [0.2, 0.25) is 0 Å². The van der Waals surface area contributed by atoms with E-state index in [1.807, 2.05) is 0 Å². The second kappa shape index (κ2) is 5.10. The number of thioether (sulfide) groups is 1. The lowest BCUT2D eigenvalue weighted by Crippen LogP contribution is -2.11. The molecule has 19 heavy (non-hydrogen) atoms. The Balaban J connectivity index is 2.09. The maximum atomic E-state index is 9.21. The van der Waals surface area contributed by atoms with Crippen LogP contribution in [0.25, 0.3) is 11.4 Å². The summed E-state index contributed by atoms with van der Waals surface area (Å²) in [7, 11) is 0. The highest BCUT2D eigenvalue weighted by Crippen LogP contribution is 2.28. The maximum absolute atomic E-state index is 9.21. The molecule has 1 aromatic carbocycles. The Morgan fingerprint density at radius 1 is 1.26 bits per heavy atom. The van der Waals surface area contributed by atoms with Crippen LogP contribution in [0.5, 0.6) is 0 Å². The minimum Gasteiger partial charge on any atom is -0.327 e. The summed E-state index contributed by atoms with van der Waals surface area (Å²) in [6.45, 7) is 0.976. The normalized spacial score (nSPS) is 13.9. The SMILES string of the molecule is CSc1ccc(-c2nc(C#N)c3n2CCCC3)cc1. The molecule has 4 heteroatoms. The average Bonchev–Trinajstić information content (AvgIpc) is 2.86. The molecule has 0 radical (unpaired) electrons. The molecule has 0 saturated carbocycles. The fourth-order valence-corrected chi connectivity index (χ4v) is 3.00. The summed E-state index contributed by atoms with van der Waals surface area (Å²) in [6, 6.07) is 10.6. The van der Waals surface area contributed by atoms with E-state index in [-0.39, 0.29) is 0 Å². The van der Waals surface area contributed by atoms with E-state index in [9.17, 15) is 5.26 Å². The third-order valence-corrected chi connectivity index (χ3v) is 4.32. The number of aromatic nitrogens is 2. The zero-order valence-electron chi connectivity index (χ0n) is 10.9. The van der Waals surface area contributed by atoms with Crippen molar-refractivity contribution in [1.82, 2.24) is 9.55 Å². The first kappa shape index (κ1) is 12.3. The zero-order valence-corrected chi connectivity index (χ0v) is 11.7. The number of nitrogens with zero attached hydrogens (tertiary/aromatic N) is 3. The van der Waals surface area contributed by atoms with Gasteiger partial charge in [-0.2, -0.15) is 5.26 Å². The molecule has 0 saturated heterocycles. The van der Waals surface area contributed by atoms with Crippen molar-refractivity contribution in [3.05, 3.63) is 35.7 Å². The minimum absolute atomic E-state index is 0.601. The maximum Gasteiger partial charge on any atom is 0.162 e. The molecule has 2 heterocycles. The van der Waals surface area contributed by atoms with Crippen molar-refractivity contribution < 1.29 is 0 Å². The lowest BCUT2D eigenvalue weighted by Gasteiger charge is -2.16. The highest BCUT2D eigenvalue weighted by molar-refractivity contribution is 7.98. The Kier molecular flexibility index (Phi) is 3.31. The number of fused-ring (bicyclic) bond motifs is 1. The molecule has 0 spiro atoms. The third kappa shape index (κ3) is 2.15. The van der Waals surface area contributed by atoms with Crippen molar-refractivity contribution in [2.45, 2.75) is 30.7 Å². The van der Waals surface area contributed by atoms with Gasteiger partial charge < -0.3 is 4.57 Å². The second-order valence-corrected chi connectivity index (χ2v) is 5.56. The van der Waals surface area contributed by atoms with Crippen LogP contribution < -0.4 is 0 Å². The van der Waals surface area contributed by atoms with E-state index >= 15 is 0 Å². The largest absolute Gasteiger partial charge is 0.327 e. The lowest BCUT2D eigenvalue weighted by molar-refractivity contribution is 0.535. The van der Waals surface area contributed by atoms with Crippen LogP contribution in [-0.2, 0) is 13.0 Å². The second-order valence-electron chi connectivity index (χ2n) is 4.68. The number of rotatable bonds is 2. The molecular formula is C15H15N3S. The summed E-state index contributed by atoms with van der Waals surface area (Å²) in [5.41, 5.74) is 2.81. The first-order valence-corrected chi connectivity index (χ1v) is 7.70. The molecular weight excluding hydrogens is 254 g/mol. The number of hydrogen-bond acceptors (Lipinski definition) is 3. The zero-order chi connectivity index (χ0) is 13.2. The van der Waals surface area contributed by atoms with Gasteiger partial charge in [0.15, 0.2) is 5.69 Å².